The summed E-state index contributed by atoms with van der Waals surface area (Å²) in [6.07, 6.45) is 1.90. The van der Waals surface area contributed by atoms with E-state index in [4.69, 9.17) is 10.5 Å². The quantitative estimate of drug-likeness (QED) is 0.891. The van der Waals surface area contributed by atoms with Crippen molar-refractivity contribution < 1.29 is 4.74 Å². The van der Waals surface area contributed by atoms with Crippen molar-refractivity contribution in [2.75, 3.05) is 6.61 Å². The molecule has 110 valence electrons. The summed E-state index contributed by atoms with van der Waals surface area (Å²) in [5.41, 5.74) is 11.5. The van der Waals surface area contributed by atoms with Crippen LogP contribution >= 0.6 is 15.9 Å². The van der Waals surface area contributed by atoms with Crippen molar-refractivity contribution in [1.82, 2.24) is 0 Å². The van der Waals surface area contributed by atoms with Crippen LogP contribution in [0.2, 0.25) is 0 Å². The third-order valence-electron chi connectivity index (χ3n) is 4.11. The molecule has 0 saturated carbocycles. The summed E-state index contributed by atoms with van der Waals surface area (Å²) in [6.45, 7) is 2.87. The molecular formula is C18H20BrNO. The molecule has 2 atom stereocenters. The lowest BCUT2D eigenvalue weighted by Gasteiger charge is -2.28. The number of hydrogen-bond acceptors (Lipinski definition) is 2. The van der Waals surface area contributed by atoms with Gasteiger partial charge in [0.1, 0.15) is 0 Å². The first-order valence-electron chi connectivity index (χ1n) is 7.36. The molecule has 0 saturated heterocycles. The summed E-state index contributed by atoms with van der Waals surface area (Å²) in [7, 11) is 0. The van der Waals surface area contributed by atoms with Gasteiger partial charge >= 0.3 is 0 Å². The van der Waals surface area contributed by atoms with Crippen LogP contribution in [0.3, 0.4) is 0 Å². The Labute approximate surface area is 134 Å². The van der Waals surface area contributed by atoms with Crippen LogP contribution in [0.1, 0.15) is 40.8 Å². The topological polar surface area (TPSA) is 35.2 Å². The number of hydrogen-bond donors (Lipinski definition) is 1. The average molecular weight is 346 g/mol. The molecule has 0 radical (unpaired) electrons. The Bertz CT molecular complexity index is 641. The van der Waals surface area contributed by atoms with Gasteiger partial charge in [0.15, 0.2) is 0 Å². The van der Waals surface area contributed by atoms with Crippen LogP contribution in [0.5, 0.6) is 0 Å². The first-order chi connectivity index (χ1) is 10.1. The highest BCUT2D eigenvalue weighted by Crippen LogP contribution is 2.35. The molecule has 0 bridgehead atoms. The second kappa shape index (κ2) is 6.30. The van der Waals surface area contributed by atoms with E-state index in [2.05, 4.69) is 65.3 Å². The van der Waals surface area contributed by atoms with E-state index in [1.807, 2.05) is 0 Å². The summed E-state index contributed by atoms with van der Waals surface area (Å²) in [4.78, 5) is 0. The highest BCUT2D eigenvalue weighted by Gasteiger charge is 2.24. The fourth-order valence-corrected chi connectivity index (χ4v) is 3.52. The molecule has 2 aromatic rings. The molecule has 2 unspecified atom stereocenters. The average Bonchev–Trinajstić information content (AvgIpc) is 2.50. The van der Waals surface area contributed by atoms with Gasteiger partial charge < -0.3 is 10.5 Å². The molecule has 0 aromatic heterocycles. The molecule has 1 aliphatic heterocycles. The maximum absolute atomic E-state index is 6.44. The van der Waals surface area contributed by atoms with Crippen molar-refractivity contribution in [1.29, 1.82) is 0 Å². The van der Waals surface area contributed by atoms with Gasteiger partial charge in [0.05, 0.1) is 12.7 Å². The van der Waals surface area contributed by atoms with Crippen LogP contribution in [-0.2, 0) is 11.2 Å². The molecule has 2 aromatic carbocycles. The monoisotopic (exact) mass is 345 g/mol. The minimum Gasteiger partial charge on any atom is -0.373 e. The highest BCUT2D eigenvalue weighted by molar-refractivity contribution is 9.10. The molecule has 2 N–H and O–H groups in total. The molecule has 1 aliphatic rings. The predicted molar refractivity (Wildman–Crippen MR) is 89.3 cm³/mol. The van der Waals surface area contributed by atoms with Gasteiger partial charge in [0, 0.05) is 10.5 Å². The minimum atomic E-state index is -0.0320. The van der Waals surface area contributed by atoms with Gasteiger partial charge in [-0.3, -0.25) is 0 Å². The Morgan fingerprint density at radius 2 is 2.10 bits per heavy atom. The van der Waals surface area contributed by atoms with E-state index in [-0.39, 0.29) is 12.1 Å². The second-order valence-corrected chi connectivity index (χ2v) is 6.53. The lowest BCUT2D eigenvalue weighted by atomic mass is 9.91. The highest BCUT2D eigenvalue weighted by atomic mass is 79.9. The van der Waals surface area contributed by atoms with Crippen molar-refractivity contribution in [3.05, 3.63) is 69.2 Å². The predicted octanol–water partition coefficient (Wildman–Crippen LogP) is 4.46. The number of ether oxygens (including phenoxy) is 1. The first-order valence-corrected chi connectivity index (χ1v) is 8.15. The third kappa shape index (κ3) is 3.20. The Kier molecular flexibility index (Phi) is 4.43. The SMILES string of the molecule is Cc1ccc(Br)c(C(N)CC2OCCc3ccccc32)c1. The number of rotatable bonds is 3. The molecule has 0 fully saturated rings. The summed E-state index contributed by atoms with van der Waals surface area (Å²) < 4.78 is 7.05. The van der Waals surface area contributed by atoms with E-state index in [1.54, 1.807) is 0 Å². The van der Waals surface area contributed by atoms with E-state index in [0.717, 1.165) is 29.5 Å². The zero-order chi connectivity index (χ0) is 14.8. The largest absolute Gasteiger partial charge is 0.373 e. The van der Waals surface area contributed by atoms with Crippen LogP contribution in [0.25, 0.3) is 0 Å². The van der Waals surface area contributed by atoms with Crippen LogP contribution < -0.4 is 5.73 Å². The van der Waals surface area contributed by atoms with Gasteiger partial charge in [0.25, 0.3) is 0 Å². The Morgan fingerprint density at radius 3 is 2.95 bits per heavy atom. The van der Waals surface area contributed by atoms with Gasteiger partial charge in [0.2, 0.25) is 0 Å². The van der Waals surface area contributed by atoms with Crippen molar-refractivity contribution in [3.8, 4) is 0 Å². The lowest BCUT2D eigenvalue weighted by Crippen LogP contribution is -2.22. The van der Waals surface area contributed by atoms with Crippen LogP contribution in [-0.4, -0.2) is 6.61 Å². The maximum Gasteiger partial charge on any atom is 0.0845 e. The van der Waals surface area contributed by atoms with Crippen LogP contribution in [0.4, 0.5) is 0 Å². The molecule has 21 heavy (non-hydrogen) atoms. The van der Waals surface area contributed by atoms with Crippen molar-refractivity contribution in [2.24, 2.45) is 5.73 Å². The summed E-state index contributed by atoms with van der Waals surface area (Å²) in [5, 5.41) is 0. The maximum atomic E-state index is 6.44. The zero-order valence-corrected chi connectivity index (χ0v) is 13.8. The molecule has 3 heteroatoms. The normalized spacial score (nSPS) is 19.1. The molecule has 1 heterocycles. The number of aryl methyl sites for hydroxylation is 1. The molecule has 0 aliphatic carbocycles. The lowest BCUT2D eigenvalue weighted by molar-refractivity contribution is 0.0319. The van der Waals surface area contributed by atoms with Crippen molar-refractivity contribution >= 4 is 15.9 Å². The second-order valence-electron chi connectivity index (χ2n) is 5.68. The number of nitrogens with two attached hydrogens (primary N) is 1. The fraction of sp³-hybridized carbons (Fsp3) is 0.333. The van der Waals surface area contributed by atoms with Gasteiger partial charge in [-0.2, -0.15) is 0 Å². The standard InChI is InChI=1S/C18H20BrNO/c1-12-6-7-16(19)15(10-12)17(20)11-18-14-5-3-2-4-13(14)8-9-21-18/h2-7,10,17-18H,8-9,11,20H2,1H3. The number of benzene rings is 2. The van der Waals surface area contributed by atoms with Crippen molar-refractivity contribution in [3.63, 3.8) is 0 Å². The van der Waals surface area contributed by atoms with Crippen LogP contribution in [0, 0.1) is 6.92 Å². The van der Waals surface area contributed by atoms with Gasteiger partial charge in [-0.05, 0) is 42.5 Å². The van der Waals surface area contributed by atoms with Gasteiger partial charge in [-0.25, -0.2) is 0 Å². The van der Waals surface area contributed by atoms with E-state index >= 15 is 0 Å². The Morgan fingerprint density at radius 1 is 1.29 bits per heavy atom. The number of fused-ring (bicyclic) bond motifs is 1. The summed E-state index contributed by atoms with van der Waals surface area (Å²) >= 11 is 3.61. The zero-order valence-electron chi connectivity index (χ0n) is 12.2. The first kappa shape index (κ1) is 14.8. The summed E-state index contributed by atoms with van der Waals surface area (Å²) in [5.74, 6) is 0. The molecule has 2 nitrogen and oxygen atoms in total. The molecule has 0 amide bonds. The Balaban J connectivity index is 1.82. The smallest absolute Gasteiger partial charge is 0.0845 e. The Hall–Kier alpha value is -1.16. The minimum absolute atomic E-state index is 0.0320. The molecule has 0 spiro atoms. The van der Waals surface area contributed by atoms with E-state index in [1.165, 1.54) is 16.7 Å². The van der Waals surface area contributed by atoms with Crippen molar-refractivity contribution in [2.45, 2.75) is 31.9 Å². The van der Waals surface area contributed by atoms with E-state index < -0.39 is 0 Å². The van der Waals surface area contributed by atoms with E-state index in [9.17, 15) is 0 Å². The molecule has 3 rings (SSSR count). The van der Waals surface area contributed by atoms with Gasteiger partial charge in [-0.15, -0.1) is 0 Å². The summed E-state index contributed by atoms with van der Waals surface area (Å²) in [6, 6.07) is 14.8. The number of halogens is 1. The van der Waals surface area contributed by atoms with Crippen LogP contribution in [0.15, 0.2) is 46.9 Å². The fourth-order valence-electron chi connectivity index (χ4n) is 2.98. The molecular weight excluding hydrogens is 326 g/mol. The van der Waals surface area contributed by atoms with E-state index in [0.29, 0.717) is 0 Å². The van der Waals surface area contributed by atoms with Gasteiger partial charge in [-0.1, -0.05) is 57.9 Å². The third-order valence-corrected chi connectivity index (χ3v) is 4.83.